The normalized spacial score (nSPS) is 15.3. The molecule has 1 aliphatic rings. The van der Waals surface area contributed by atoms with Gasteiger partial charge in [0.15, 0.2) is 0 Å². The van der Waals surface area contributed by atoms with Gasteiger partial charge in [0.25, 0.3) is 10.0 Å². The molecule has 1 heterocycles. The van der Waals surface area contributed by atoms with Crippen molar-refractivity contribution in [1.82, 2.24) is 5.32 Å². The number of benzene rings is 3. The van der Waals surface area contributed by atoms with E-state index in [9.17, 15) is 13.2 Å². The van der Waals surface area contributed by atoms with Gasteiger partial charge < -0.3 is 10.1 Å². The molecule has 0 bridgehead atoms. The molecule has 4 rings (SSSR count). The average Bonchev–Trinajstić information content (AvgIpc) is 2.95. The van der Waals surface area contributed by atoms with Crippen LogP contribution in [0, 0.1) is 0 Å². The second-order valence-electron chi connectivity index (χ2n) is 6.90. The number of carbonyl (C=O) groups is 1. The first-order chi connectivity index (χ1) is 13.9. The number of rotatable bonds is 6. The maximum Gasteiger partial charge on any atom is 0.265 e. The van der Waals surface area contributed by atoms with Gasteiger partial charge in [0, 0.05) is 11.9 Å². The number of hydrogen-bond acceptors (Lipinski definition) is 4. The third-order valence-electron chi connectivity index (χ3n) is 5.05. The maximum absolute atomic E-state index is 13.1. The molecule has 6 nitrogen and oxygen atoms in total. The van der Waals surface area contributed by atoms with Crippen molar-refractivity contribution >= 4 is 32.4 Å². The second kappa shape index (κ2) is 7.40. The lowest BCUT2D eigenvalue weighted by atomic mass is 10.1. The summed E-state index contributed by atoms with van der Waals surface area (Å²) in [6.45, 7) is 4.42. The predicted octanol–water partition coefficient (Wildman–Crippen LogP) is 3.45. The van der Waals surface area contributed by atoms with Gasteiger partial charge >= 0.3 is 0 Å². The number of amides is 1. The lowest BCUT2D eigenvalue weighted by Crippen LogP contribution is -2.46. The van der Waals surface area contributed by atoms with E-state index in [2.05, 4.69) is 5.32 Å². The average molecular weight is 410 g/mol. The first-order valence-corrected chi connectivity index (χ1v) is 10.9. The number of carbonyl (C=O) groups excluding carboxylic acids is 1. The third kappa shape index (κ3) is 3.31. The van der Waals surface area contributed by atoms with E-state index < -0.39 is 16.1 Å². The Kier molecular flexibility index (Phi) is 4.92. The molecular formula is C22H22N2O4S. The quantitative estimate of drug-likeness (QED) is 0.675. The summed E-state index contributed by atoms with van der Waals surface area (Å²) in [5, 5.41) is 4.35. The van der Waals surface area contributed by atoms with E-state index in [4.69, 9.17) is 4.74 Å². The Balaban J connectivity index is 1.54. The standard InChI is InChI=1S/C22H22N2O4S/c1-3-28-18-12-10-16(11-13-18)14-23-22(25)15(2)24-19-8-4-6-17-7-5-9-20(21(17)19)29(24,26)27/h4-13,15H,3,14H2,1-2H3,(H,23,25). The molecule has 0 fully saturated rings. The van der Waals surface area contributed by atoms with Gasteiger partial charge in [-0.3, -0.25) is 9.10 Å². The maximum atomic E-state index is 13.1. The topological polar surface area (TPSA) is 75.7 Å². The fourth-order valence-corrected chi connectivity index (χ4v) is 5.52. The van der Waals surface area contributed by atoms with Crippen LogP contribution in [0.3, 0.4) is 0 Å². The van der Waals surface area contributed by atoms with Crippen molar-refractivity contribution in [3.63, 3.8) is 0 Å². The second-order valence-corrected chi connectivity index (χ2v) is 8.69. The molecule has 0 spiro atoms. The van der Waals surface area contributed by atoms with Gasteiger partial charge in [-0.2, -0.15) is 0 Å². The number of ether oxygens (including phenoxy) is 1. The van der Waals surface area contributed by atoms with E-state index in [-0.39, 0.29) is 10.8 Å². The smallest absolute Gasteiger partial charge is 0.265 e. The van der Waals surface area contributed by atoms with E-state index >= 15 is 0 Å². The summed E-state index contributed by atoms with van der Waals surface area (Å²) in [5.74, 6) is 0.414. The highest BCUT2D eigenvalue weighted by Gasteiger charge is 2.40. The molecule has 1 amide bonds. The van der Waals surface area contributed by atoms with E-state index in [0.29, 0.717) is 24.2 Å². The van der Waals surface area contributed by atoms with Crippen LogP contribution in [-0.2, 0) is 21.4 Å². The summed E-state index contributed by atoms with van der Waals surface area (Å²) >= 11 is 0. The molecule has 0 radical (unpaired) electrons. The molecule has 7 heteroatoms. The van der Waals surface area contributed by atoms with Crippen LogP contribution in [0.4, 0.5) is 5.69 Å². The Labute approximate surface area is 170 Å². The van der Waals surface area contributed by atoms with Crippen molar-refractivity contribution in [3.05, 3.63) is 66.2 Å². The summed E-state index contributed by atoms with van der Waals surface area (Å²) < 4.78 is 32.9. The SMILES string of the molecule is CCOc1ccc(CNC(=O)C(C)N2c3cccc4cccc(c34)S2(=O)=O)cc1. The number of sulfonamides is 1. The van der Waals surface area contributed by atoms with E-state index in [1.165, 1.54) is 4.31 Å². The number of nitrogens with zero attached hydrogens (tertiary/aromatic N) is 1. The van der Waals surface area contributed by atoms with Crippen LogP contribution in [0.1, 0.15) is 19.4 Å². The van der Waals surface area contributed by atoms with Crippen LogP contribution in [0.15, 0.2) is 65.6 Å². The Hall–Kier alpha value is -3.06. The van der Waals surface area contributed by atoms with Crippen molar-refractivity contribution in [3.8, 4) is 5.75 Å². The van der Waals surface area contributed by atoms with Gasteiger partial charge in [-0.05, 0) is 49.1 Å². The highest BCUT2D eigenvalue weighted by Crippen LogP contribution is 2.43. The van der Waals surface area contributed by atoms with Crippen LogP contribution in [-0.4, -0.2) is 27.0 Å². The molecule has 3 aromatic rings. The highest BCUT2D eigenvalue weighted by molar-refractivity contribution is 7.93. The van der Waals surface area contributed by atoms with Crippen LogP contribution in [0.25, 0.3) is 10.8 Å². The molecule has 1 N–H and O–H groups in total. The molecule has 0 saturated carbocycles. The first-order valence-electron chi connectivity index (χ1n) is 9.49. The van der Waals surface area contributed by atoms with Crippen molar-refractivity contribution < 1.29 is 17.9 Å². The molecule has 150 valence electrons. The summed E-state index contributed by atoms with van der Waals surface area (Å²) in [5.41, 5.74) is 1.45. The largest absolute Gasteiger partial charge is 0.494 e. The van der Waals surface area contributed by atoms with E-state index in [1.54, 1.807) is 31.2 Å². The lowest BCUT2D eigenvalue weighted by molar-refractivity contribution is -0.122. The van der Waals surface area contributed by atoms with Crippen LogP contribution in [0.5, 0.6) is 5.75 Å². The monoisotopic (exact) mass is 410 g/mol. The molecule has 1 atom stereocenters. The third-order valence-corrected chi connectivity index (χ3v) is 6.98. The molecular weight excluding hydrogens is 388 g/mol. The molecule has 29 heavy (non-hydrogen) atoms. The van der Waals surface area contributed by atoms with Gasteiger partial charge in [0.1, 0.15) is 11.8 Å². The van der Waals surface area contributed by atoms with Gasteiger partial charge in [0.05, 0.1) is 17.2 Å². The van der Waals surface area contributed by atoms with Crippen molar-refractivity contribution in [1.29, 1.82) is 0 Å². The molecule has 1 unspecified atom stereocenters. The minimum Gasteiger partial charge on any atom is -0.494 e. The van der Waals surface area contributed by atoms with Crippen molar-refractivity contribution in [2.75, 3.05) is 10.9 Å². The predicted molar refractivity (Wildman–Crippen MR) is 113 cm³/mol. The van der Waals surface area contributed by atoms with Gasteiger partial charge in [-0.1, -0.05) is 36.4 Å². The Morgan fingerprint density at radius 1 is 1.07 bits per heavy atom. The molecule has 0 saturated heterocycles. The first kappa shape index (κ1) is 19.3. The summed E-state index contributed by atoms with van der Waals surface area (Å²) in [6.07, 6.45) is 0. The Bertz CT molecular complexity index is 1170. The zero-order chi connectivity index (χ0) is 20.6. The Morgan fingerprint density at radius 2 is 1.76 bits per heavy atom. The van der Waals surface area contributed by atoms with Crippen molar-refractivity contribution in [2.45, 2.75) is 31.3 Å². The van der Waals surface area contributed by atoms with Crippen LogP contribution < -0.4 is 14.4 Å². The van der Waals surface area contributed by atoms with E-state index in [0.717, 1.165) is 16.7 Å². The van der Waals surface area contributed by atoms with Crippen molar-refractivity contribution in [2.24, 2.45) is 0 Å². The Morgan fingerprint density at radius 3 is 2.45 bits per heavy atom. The summed E-state index contributed by atoms with van der Waals surface area (Å²) in [7, 11) is -3.78. The molecule has 0 aliphatic carbocycles. The fraction of sp³-hybridized carbons (Fsp3) is 0.227. The highest BCUT2D eigenvalue weighted by atomic mass is 32.2. The van der Waals surface area contributed by atoms with E-state index in [1.807, 2.05) is 43.3 Å². The molecule has 3 aromatic carbocycles. The van der Waals surface area contributed by atoms with Gasteiger partial charge in [-0.15, -0.1) is 0 Å². The zero-order valence-corrected chi connectivity index (χ0v) is 17.1. The number of hydrogen-bond donors (Lipinski definition) is 1. The fourth-order valence-electron chi connectivity index (χ4n) is 3.65. The summed E-state index contributed by atoms with van der Waals surface area (Å²) in [6, 6.07) is 17.2. The zero-order valence-electron chi connectivity index (χ0n) is 16.3. The minimum atomic E-state index is -3.78. The molecule has 1 aliphatic heterocycles. The van der Waals surface area contributed by atoms with Crippen LogP contribution >= 0.6 is 0 Å². The molecule has 0 aromatic heterocycles. The summed E-state index contributed by atoms with van der Waals surface area (Å²) in [4.78, 5) is 13.0. The van der Waals surface area contributed by atoms with Crippen LogP contribution in [0.2, 0.25) is 0 Å². The number of anilines is 1. The van der Waals surface area contributed by atoms with Gasteiger partial charge in [-0.25, -0.2) is 8.42 Å². The minimum absolute atomic E-state index is 0.247. The van der Waals surface area contributed by atoms with Gasteiger partial charge in [0.2, 0.25) is 5.91 Å². The lowest BCUT2D eigenvalue weighted by Gasteiger charge is -2.25. The number of nitrogens with one attached hydrogen (secondary N) is 1.